The molecule has 0 spiro atoms. The summed E-state index contributed by atoms with van der Waals surface area (Å²) in [4.78, 5) is 15.5. The van der Waals surface area contributed by atoms with Gasteiger partial charge in [0, 0.05) is 18.7 Å². The van der Waals surface area contributed by atoms with Gasteiger partial charge in [0.25, 0.3) is 0 Å². The molecule has 19 heavy (non-hydrogen) atoms. The zero-order chi connectivity index (χ0) is 14.4. The molecule has 5 heteroatoms. The molecule has 0 saturated heterocycles. The van der Waals surface area contributed by atoms with Crippen molar-refractivity contribution in [3.63, 3.8) is 0 Å². The summed E-state index contributed by atoms with van der Waals surface area (Å²) >= 11 is 0. The number of aliphatic carboxylic acids is 1. The number of methoxy groups -OCH3 is 2. The van der Waals surface area contributed by atoms with Crippen molar-refractivity contribution < 1.29 is 19.4 Å². The molecule has 0 aromatic carbocycles. The van der Waals surface area contributed by atoms with E-state index in [-0.39, 0.29) is 0 Å². The first-order valence-corrected chi connectivity index (χ1v) is 6.28. The second-order valence-electron chi connectivity index (χ2n) is 4.86. The number of carbonyl (C=O) groups is 1. The number of ether oxygens (including phenoxy) is 2. The van der Waals surface area contributed by atoms with E-state index >= 15 is 0 Å². The van der Waals surface area contributed by atoms with Crippen LogP contribution in [0.15, 0.2) is 12.3 Å². The first-order chi connectivity index (χ1) is 8.99. The molecule has 5 nitrogen and oxygen atoms in total. The summed E-state index contributed by atoms with van der Waals surface area (Å²) < 4.78 is 10.5. The quantitative estimate of drug-likeness (QED) is 0.821. The molecule has 1 atom stereocenters. The van der Waals surface area contributed by atoms with Crippen LogP contribution >= 0.6 is 0 Å². The molecule has 0 aliphatic rings. The zero-order valence-electron chi connectivity index (χ0n) is 11.8. The lowest BCUT2D eigenvalue weighted by Gasteiger charge is -2.17. The van der Waals surface area contributed by atoms with Gasteiger partial charge in [-0.2, -0.15) is 0 Å². The van der Waals surface area contributed by atoms with E-state index in [2.05, 4.69) is 4.98 Å². The summed E-state index contributed by atoms with van der Waals surface area (Å²) in [6.07, 6.45) is 2.55. The molecule has 1 rings (SSSR count). The van der Waals surface area contributed by atoms with E-state index in [4.69, 9.17) is 9.47 Å². The Morgan fingerprint density at radius 3 is 2.53 bits per heavy atom. The van der Waals surface area contributed by atoms with Crippen molar-refractivity contribution in [1.29, 1.82) is 0 Å². The number of nitrogens with zero attached hydrogens (tertiary/aromatic N) is 1. The van der Waals surface area contributed by atoms with Crippen molar-refractivity contribution >= 4 is 5.97 Å². The number of carboxylic acid groups (broad SMARTS) is 1. The lowest BCUT2D eigenvalue weighted by atomic mass is 9.92. The van der Waals surface area contributed by atoms with Gasteiger partial charge in [-0.3, -0.25) is 9.78 Å². The van der Waals surface area contributed by atoms with Gasteiger partial charge in [-0.15, -0.1) is 0 Å². The Morgan fingerprint density at radius 1 is 1.37 bits per heavy atom. The highest BCUT2D eigenvalue weighted by Gasteiger charge is 2.23. The van der Waals surface area contributed by atoms with Crippen LogP contribution < -0.4 is 9.47 Å². The third-order valence-corrected chi connectivity index (χ3v) is 2.91. The summed E-state index contributed by atoms with van der Waals surface area (Å²) in [6, 6.07) is 1.69. The smallest absolute Gasteiger partial charge is 0.306 e. The largest absolute Gasteiger partial charge is 0.493 e. The Hall–Kier alpha value is -1.78. The summed E-state index contributed by atoms with van der Waals surface area (Å²) in [7, 11) is 3.08. The predicted molar refractivity (Wildman–Crippen MR) is 71.6 cm³/mol. The molecular formula is C14H21NO4. The lowest BCUT2D eigenvalue weighted by molar-refractivity contribution is -0.142. The average molecular weight is 267 g/mol. The van der Waals surface area contributed by atoms with Gasteiger partial charge < -0.3 is 14.6 Å². The van der Waals surface area contributed by atoms with Gasteiger partial charge in [-0.1, -0.05) is 13.8 Å². The van der Waals surface area contributed by atoms with Crippen LogP contribution in [0.1, 0.15) is 26.0 Å². The molecule has 0 amide bonds. The monoisotopic (exact) mass is 267 g/mol. The average Bonchev–Trinajstić information content (AvgIpc) is 2.36. The van der Waals surface area contributed by atoms with Crippen LogP contribution in [0.4, 0.5) is 0 Å². The Bertz CT molecular complexity index is 431. The summed E-state index contributed by atoms with van der Waals surface area (Å²) in [5, 5.41) is 9.27. The van der Waals surface area contributed by atoms with Gasteiger partial charge in [0.15, 0.2) is 11.5 Å². The fourth-order valence-corrected chi connectivity index (χ4v) is 2.07. The number of pyridine rings is 1. The van der Waals surface area contributed by atoms with Gasteiger partial charge in [-0.25, -0.2) is 0 Å². The molecule has 1 unspecified atom stereocenters. The minimum absolute atomic E-state index is 0.317. The van der Waals surface area contributed by atoms with Crippen LogP contribution in [0.5, 0.6) is 11.5 Å². The highest BCUT2D eigenvalue weighted by molar-refractivity contribution is 5.70. The molecule has 1 N–H and O–H groups in total. The maximum atomic E-state index is 11.3. The fraction of sp³-hybridized carbons (Fsp3) is 0.571. The number of rotatable bonds is 7. The van der Waals surface area contributed by atoms with E-state index in [9.17, 15) is 9.90 Å². The summed E-state index contributed by atoms with van der Waals surface area (Å²) in [5.41, 5.74) is 0.620. The maximum Gasteiger partial charge on any atom is 0.306 e. The van der Waals surface area contributed by atoms with Crippen LogP contribution in [-0.4, -0.2) is 30.3 Å². The molecule has 0 aliphatic heterocycles. The second-order valence-corrected chi connectivity index (χ2v) is 4.86. The zero-order valence-corrected chi connectivity index (χ0v) is 11.8. The van der Waals surface area contributed by atoms with Crippen LogP contribution in [-0.2, 0) is 11.2 Å². The van der Waals surface area contributed by atoms with Crippen LogP contribution in [0.2, 0.25) is 0 Å². The topological polar surface area (TPSA) is 68.7 Å². The number of hydrogen-bond acceptors (Lipinski definition) is 4. The number of carboxylic acids is 1. The Labute approximate surface area is 113 Å². The standard InChI is InChI=1S/C14H21NO4/c1-9(2)7-10(14(16)17)8-11-13(19-4)12(18-3)5-6-15-11/h5-6,9-10H,7-8H2,1-4H3,(H,16,17). The van der Waals surface area contributed by atoms with Crippen molar-refractivity contribution in [2.24, 2.45) is 11.8 Å². The van der Waals surface area contributed by atoms with Crippen molar-refractivity contribution in [3.05, 3.63) is 18.0 Å². The highest BCUT2D eigenvalue weighted by atomic mass is 16.5. The number of hydrogen-bond donors (Lipinski definition) is 1. The van der Waals surface area contributed by atoms with Crippen LogP contribution in [0, 0.1) is 11.8 Å². The van der Waals surface area contributed by atoms with Gasteiger partial charge >= 0.3 is 5.97 Å². The first-order valence-electron chi connectivity index (χ1n) is 6.28. The molecule has 0 aliphatic carbocycles. The van der Waals surface area contributed by atoms with Crippen molar-refractivity contribution in [1.82, 2.24) is 4.98 Å². The highest BCUT2D eigenvalue weighted by Crippen LogP contribution is 2.31. The second kappa shape index (κ2) is 6.97. The summed E-state index contributed by atoms with van der Waals surface area (Å²) in [6.45, 7) is 4.01. The van der Waals surface area contributed by atoms with Crippen LogP contribution in [0.3, 0.4) is 0 Å². The Morgan fingerprint density at radius 2 is 2.05 bits per heavy atom. The van der Waals surface area contributed by atoms with Gasteiger partial charge in [0.05, 0.1) is 25.8 Å². The molecule has 1 aromatic heterocycles. The molecule has 0 bridgehead atoms. The first kappa shape index (κ1) is 15.3. The predicted octanol–water partition coefficient (Wildman–Crippen LogP) is 2.39. The molecule has 0 radical (unpaired) electrons. The fourth-order valence-electron chi connectivity index (χ4n) is 2.07. The van der Waals surface area contributed by atoms with Gasteiger partial charge in [0.2, 0.25) is 0 Å². The van der Waals surface area contributed by atoms with E-state index in [0.717, 1.165) is 0 Å². The molecule has 1 heterocycles. The van der Waals surface area contributed by atoms with E-state index in [1.807, 2.05) is 13.8 Å². The van der Waals surface area contributed by atoms with Crippen LogP contribution in [0.25, 0.3) is 0 Å². The van der Waals surface area contributed by atoms with Crippen molar-refractivity contribution in [2.45, 2.75) is 26.7 Å². The normalized spacial score (nSPS) is 12.3. The molecule has 1 aromatic rings. The third-order valence-electron chi connectivity index (χ3n) is 2.91. The molecule has 106 valence electrons. The summed E-state index contributed by atoms with van der Waals surface area (Å²) in [5.74, 6) is 0.132. The van der Waals surface area contributed by atoms with Crippen molar-refractivity contribution in [2.75, 3.05) is 14.2 Å². The lowest BCUT2D eigenvalue weighted by Crippen LogP contribution is -2.19. The third kappa shape index (κ3) is 4.12. The Balaban J connectivity index is 2.99. The van der Waals surface area contributed by atoms with E-state index in [1.165, 1.54) is 7.11 Å². The number of aromatic nitrogens is 1. The molecule has 0 fully saturated rings. The van der Waals surface area contributed by atoms with E-state index in [1.54, 1.807) is 19.4 Å². The minimum atomic E-state index is -0.805. The SMILES string of the molecule is COc1ccnc(CC(CC(C)C)C(=O)O)c1OC. The van der Waals surface area contributed by atoms with Gasteiger partial charge in [0.1, 0.15) is 0 Å². The van der Waals surface area contributed by atoms with E-state index in [0.29, 0.717) is 36.0 Å². The Kier molecular flexibility index (Phi) is 5.60. The van der Waals surface area contributed by atoms with Gasteiger partial charge in [-0.05, 0) is 12.3 Å². The maximum absolute atomic E-state index is 11.3. The minimum Gasteiger partial charge on any atom is -0.493 e. The van der Waals surface area contributed by atoms with E-state index < -0.39 is 11.9 Å². The molecular weight excluding hydrogens is 246 g/mol. The molecule has 0 saturated carbocycles. The van der Waals surface area contributed by atoms with Crippen molar-refractivity contribution in [3.8, 4) is 11.5 Å².